The molecule has 0 saturated carbocycles. The van der Waals surface area contributed by atoms with Gasteiger partial charge in [-0.2, -0.15) is 0 Å². The quantitative estimate of drug-likeness (QED) is 0.0506. The molecule has 16 heteroatoms. The van der Waals surface area contributed by atoms with E-state index in [1.807, 2.05) is 78.8 Å². The van der Waals surface area contributed by atoms with Crippen LogP contribution in [0.25, 0.3) is 33.6 Å². The van der Waals surface area contributed by atoms with Crippen molar-refractivity contribution in [3.8, 4) is 39.4 Å². The van der Waals surface area contributed by atoms with Gasteiger partial charge >= 0.3 is 11.8 Å². The number of alkyl carbamates (subject to hydrolysis) is 1. The number of nitrogens with one attached hydrogen (secondary N) is 3. The van der Waals surface area contributed by atoms with Gasteiger partial charge in [-0.25, -0.2) is 14.8 Å². The van der Waals surface area contributed by atoms with E-state index in [4.69, 9.17) is 21.1 Å². The second-order valence-electron chi connectivity index (χ2n) is 16.0. The van der Waals surface area contributed by atoms with Crippen LogP contribution < -0.4 is 10.1 Å². The number of benzene rings is 3. The fraction of sp³-hybridized carbons (Fsp3) is 0.413. The van der Waals surface area contributed by atoms with Crippen LogP contribution in [0.2, 0.25) is 5.02 Å². The molecule has 330 valence electrons. The number of carbonyl (C=O) groups excluding carboxylic acids is 3. The van der Waals surface area contributed by atoms with E-state index < -0.39 is 17.1 Å². The summed E-state index contributed by atoms with van der Waals surface area (Å²) >= 11 is 7.00. The first-order chi connectivity index (χ1) is 29.7. The van der Waals surface area contributed by atoms with E-state index >= 15 is 0 Å². The summed E-state index contributed by atoms with van der Waals surface area (Å²) in [6.45, 7) is 15.1. The number of nitrogens with zero attached hydrogens (tertiary/aromatic N) is 5. The first-order valence-corrected chi connectivity index (χ1v) is 21.3. The van der Waals surface area contributed by atoms with E-state index in [2.05, 4.69) is 25.3 Å². The first kappa shape index (κ1) is 46.8. The minimum Gasteiger partial charge on any atom is -0.481 e. The predicted molar refractivity (Wildman–Crippen MR) is 239 cm³/mol. The average molecular weight is 869 g/mol. The number of ether oxygens (including phenoxy) is 2. The van der Waals surface area contributed by atoms with Crippen LogP contribution in [0.5, 0.6) is 5.75 Å². The Morgan fingerprint density at radius 1 is 0.823 bits per heavy atom. The fourth-order valence-electron chi connectivity index (χ4n) is 7.03. The maximum atomic E-state index is 13.6. The van der Waals surface area contributed by atoms with Crippen LogP contribution in [0.1, 0.15) is 78.5 Å². The predicted octanol–water partition coefficient (Wildman–Crippen LogP) is 9.42. The Hall–Kier alpha value is -6.22. The van der Waals surface area contributed by atoms with Crippen molar-refractivity contribution in [1.82, 2.24) is 35.1 Å². The standard InChI is InChI=1S/C46H57ClN8O7/c1-9-20-53(44(56)30(7)28(3)4)25-39-49-24-37(51-39)34-22-35(47)40(42(55(59)60)43(34)62-27-31-14-12-11-13-15-31)33-18-16-32(17-19-33)36-23-48-38(50-36)26-54(21-10-2)45(57)41(29(5)6)52-46(58)61-8/h11-19,22-24,28-30,41H,9-10,20-21,25-27H2,1-8H3,(H,48,50)(H,49,51)(H,52,58)/t30?,41-/m0/s1. The zero-order valence-electron chi connectivity index (χ0n) is 36.7. The maximum absolute atomic E-state index is 13.6. The molecule has 2 aromatic heterocycles. The minimum absolute atomic E-state index is 0.0123. The van der Waals surface area contributed by atoms with Crippen LogP contribution in [-0.2, 0) is 34.0 Å². The normalized spacial score (nSPS) is 12.2. The molecular formula is C46H57ClN8O7. The molecule has 15 nitrogen and oxygen atoms in total. The molecule has 2 atom stereocenters. The van der Waals surface area contributed by atoms with E-state index in [9.17, 15) is 24.5 Å². The second-order valence-corrected chi connectivity index (χ2v) is 16.4. The Bertz CT molecular complexity index is 2310. The lowest BCUT2D eigenvalue weighted by Crippen LogP contribution is -2.51. The SMILES string of the molecule is CCCN(Cc1ncc(-c2cc(Cl)c(-c3ccc(-c4cnc(CN(CCC)C(=O)[C@@H](NC(=O)OC)C(C)C)[nH]4)cc3)c([N+](=O)[O-])c2OCc2ccccc2)[nH]1)C(=O)C(C)C(C)C. The number of aromatic nitrogens is 4. The summed E-state index contributed by atoms with van der Waals surface area (Å²) in [5.74, 6) is 0.673. The van der Waals surface area contributed by atoms with Crippen LogP contribution in [0.4, 0.5) is 10.5 Å². The Morgan fingerprint density at radius 2 is 1.39 bits per heavy atom. The number of H-pyrrole nitrogens is 2. The zero-order chi connectivity index (χ0) is 45.1. The van der Waals surface area contributed by atoms with Crippen molar-refractivity contribution >= 4 is 35.2 Å². The summed E-state index contributed by atoms with van der Waals surface area (Å²) in [5, 5.41) is 15.9. The van der Waals surface area contributed by atoms with Gasteiger partial charge in [0.1, 0.15) is 24.3 Å². The van der Waals surface area contributed by atoms with Crippen molar-refractivity contribution in [2.75, 3.05) is 20.2 Å². The number of methoxy groups -OCH3 is 1. The van der Waals surface area contributed by atoms with Gasteiger partial charge in [0.05, 0.1) is 65.1 Å². The van der Waals surface area contributed by atoms with Gasteiger partial charge in [-0.05, 0) is 47.4 Å². The summed E-state index contributed by atoms with van der Waals surface area (Å²) < 4.78 is 11.1. The number of amides is 3. The molecule has 0 aliphatic rings. The highest BCUT2D eigenvalue weighted by Gasteiger charge is 2.32. The third-order valence-electron chi connectivity index (χ3n) is 10.7. The number of imidazole rings is 2. The molecule has 3 amide bonds. The van der Waals surface area contributed by atoms with Crippen molar-refractivity contribution in [2.24, 2.45) is 17.8 Å². The molecule has 62 heavy (non-hydrogen) atoms. The molecule has 0 aliphatic heterocycles. The summed E-state index contributed by atoms with van der Waals surface area (Å²) in [7, 11) is 1.25. The number of rotatable bonds is 20. The summed E-state index contributed by atoms with van der Waals surface area (Å²) in [6, 6.07) is 17.3. The minimum atomic E-state index is -0.779. The average Bonchev–Trinajstić information content (AvgIpc) is 3.94. The molecule has 1 unspecified atom stereocenters. The molecule has 0 radical (unpaired) electrons. The van der Waals surface area contributed by atoms with Gasteiger partial charge in [0.25, 0.3) is 0 Å². The Balaban J connectivity index is 1.48. The van der Waals surface area contributed by atoms with Crippen LogP contribution in [0, 0.1) is 27.9 Å². The van der Waals surface area contributed by atoms with Crippen molar-refractivity contribution in [3.63, 3.8) is 0 Å². The highest BCUT2D eigenvalue weighted by atomic mass is 35.5. The fourth-order valence-corrected chi connectivity index (χ4v) is 7.34. The van der Waals surface area contributed by atoms with Gasteiger partial charge < -0.3 is 34.6 Å². The molecular weight excluding hydrogens is 812 g/mol. The largest absolute Gasteiger partial charge is 0.481 e. The molecule has 0 spiro atoms. The number of hydrogen-bond donors (Lipinski definition) is 3. The molecule has 0 bridgehead atoms. The molecule has 0 fully saturated rings. The lowest BCUT2D eigenvalue weighted by Gasteiger charge is -2.28. The van der Waals surface area contributed by atoms with Gasteiger partial charge in [-0.1, -0.05) is 115 Å². The number of carbonyl (C=O) groups is 3. The number of nitro groups is 1. The zero-order valence-corrected chi connectivity index (χ0v) is 37.4. The van der Waals surface area contributed by atoms with Gasteiger partial charge in [-0.15, -0.1) is 0 Å². The summed E-state index contributed by atoms with van der Waals surface area (Å²) in [5.41, 5.74) is 3.37. The van der Waals surface area contributed by atoms with Gasteiger partial charge in [0, 0.05) is 19.0 Å². The van der Waals surface area contributed by atoms with E-state index in [0.717, 1.165) is 17.5 Å². The van der Waals surface area contributed by atoms with Crippen LogP contribution in [-0.4, -0.2) is 78.8 Å². The molecule has 3 aromatic carbocycles. The van der Waals surface area contributed by atoms with Crippen molar-refractivity contribution in [3.05, 3.63) is 105 Å². The third kappa shape index (κ3) is 11.4. The Labute approximate surface area is 367 Å². The van der Waals surface area contributed by atoms with Gasteiger partial charge in [-0.3, -0.25) is 19.7 Å². The molecule has 3 N–H and O–H groups in total. The number of nitro benzene ring substituents is 1. The highest BCUT2D eigenvalue weighted by Crippen LogP contribution is 2.48. The molecule has 0 saturated heterocycles. The lowest BCUT2D eigenvalue weighted by molar-refractivity contribution is -0.385. The molecule has 5 rings (SSSR count). The molecule has 0 aliphatic carbocycles. The van der Waals surface area contributed by atoms with Crippen LogP contribution >= 0.6 is 11.6 Å². The van der Waals surface area contributed by atoms with Gasteiger partial charge in [0.15, 0.2) is 0 Å². The van der Waals surface area contributed by atoms with E-state index in [-0.39, 0.29) is 71.3 Å². The number of aromatic amines is 2. The second kappa shape index (κ2) is 21.5. The van der Waals surface area contributed by atoms with Crippen LogP contribution in [0.15, 0.2) is 73.1 Å². The van der Waals surface area contributed by atoms with Gasteiger partial charge in [0.2, 0.25) is 17.6 Å². The molecule has 5 aromatic rings. The maximum Gasteiger partial charge on any atom is 0.407 e. The van der Waals surface area contributed by atoms with Crippen LogP contribution in [0.3, 0.4) is 0 Å². The number of halogens is 1. The first-order valence-electron chi connectivity index (χ1n) is 21.0. The monoisotopic (exact) mass is 868 g/mol. The van der Waals surface area contributed by atoms with Crippen molar-refractivity contribution < 1.29 is 28.8 Å². The van der Waals surface area contributed by atoms with E-state index in [1.54, 1.807) is 52.5 Å². The Kier molecular flexibility index (Phi) is 16.3. The molecule has 2 heterocycles. The van der Waals surface area contributed by atoms with E-state index in [0.29, 0.717) is 53.7 Å². The summed E-state index contributed by atoms with van der Waals surface area (Å²) in [4.78, 5) is 70.7. The summed E-state index contributed by atoms with van der Waals surface area (Å²) in [6.07, 6.45) is 4.02. The van der Waals surface area contributed by atoms with Crippen molar-refractivity contribution in [2.45, 2.75) is 87.0 Å². The third-order valence-corrected chi connectivity index (χ3v) is 11.0. The highest BCUT2D eigenvalue weighted by molar-refractivity contribution is 6.34. The van der Waals surface area contributed by atoms with E-state index in [1.165, 1.54) is 7.11 Å². The van der Waals surface area contributed by atoms with Crippen molar-refractivity contribution in [1.29, 1.82) is 0 Å². The topological polar surface area (TPSA) is 189 Å². The number of hydrogen-bond acceptors (Lipinski definition) is 9. The smallest absolute Gasteiger partial charge is 0.407 e. The lowest BCUT2D eigenvalue weighted by atomic mass is 9.96. The Morgan fingerprint density at radius 3 is 1.94 bits per heavy atom.